The predicted molar refractivity (Wildman–Crippen MR) is 184 cm³/mol. The summed E-state index contributed by atoms with van der Waals surface area (Å²) in [6, 6.07) is 11.2. The number of hydrogen-bond donors (Lipinski definition) is 4. The highest BCUT2D eigenvalue weighted by atomic mass is 16.5. The van der Waals surface area contributed by atoms with Crippen LogP contribution in [0, 0.1) is 17.8 Å². The molecule has 1 saturated heterocycles. The molecule has 4 rings (SSSR count). The van der Waals surface area contributed by atoms with Crippen molar-refractivity contribution in [2.45, 2.75) is 83.9 Å². The second kappa shape index (κ2) is 17.4. The number of benzene rings is 2. The number of nitrogens with zero attached hydrogens (tertiary/aromatic N) is 1. The minimum absolute atomic E-state index is 0.0218. The van der Waals surface area contributed by atoms with Crippen molar-refractivity contribution < 1.29 is 38.5 Å². The Labute approximate surface area is 288 Å². The topological polar surface area (TPSA) is 156 Å². The molecule has 3 amide bonds. The van der Waals surface area contributed by atoms with Gasteiger partial charge in [0.2, 0.25) is 11.8 Å². The third-order valence-corrected chi connectivity index (χ3v) is 9.25. The fourth-order valence-electron chi connectivity index (χ4n) is 6.43. The zero-order chi connectivity index (χ0) is 35.7. The molecule has 2 heterocycles. The third kappa shape index (κ3) is 9.90. The molecule has 2 aliphatic rings. The van der Waals surface area contributed by atoms with Crippen LogP contribution in [0.15, 0.2) is 54.6 Å². The number of methoxy groups -OCH3 is 2. The lowest BCUT2D eigenvalue weighted by molar-refractivity contribution is -0.154. The van der Waals surface area contributed by atoms with Crippen LogP contribution in [0.4, 0.5) is 0 Å². The highest BCUT2D eigenvalue weighted by Gasteiger charge is 2.38. The van der Waals surface area contributed by atoms with Gasteiger partial charge in [0.05, 0.1) is 18.1 Å². The van der Waals surface area contributed by atoms with Gasteiger partial charge >= 0.3 is 5.97 Å². The van der Waals surface area contributed by atoms with Crippen molar-refractivity contribution in [2.24, 2.45) is 17.8 Å². The van der Waals surface area contributed by atoms with Crippen molar-refractivity contribution in [3.8, 4) is 5.75 Å². The van der Waals surface area contributed by atoms with E-state index in [1.807, 2.05) is 57.2 Å². The van der Waals surface area contributed by atoms with Crippen LogP contribution < -0.4 is 16.1 Å². The van der Waals surface area contributed by atoms with Gasteiger partial charge in [-0.2, -0.15) is 0 Å². The number of hydrogen-bond acceptors (Lipinski definition) is 9. The molecule has 12 nitrogen and oxygen atoms in total. The summed E-state index contributed by atoms with van der Waals surface area (Å²) in [5, 5.41) is 17.2. The summed E-state index contributed by atoms with van der Waals surface area (Å²) in [5.74, 6) is -3.09. The molecule has 0 radical (unpaired) electrons. The molecule has 2 aromatic carbocycles. The average molecular weight is 679 g/mol. The number of carbonyl (C=O) groups is 4. The van der Waals surface area contributed by atoms with E-state index in [0.717, 1.165) is 11.1 Å². The van der Waals surface area contributed by atoms with Gasteiger partial charge in [-0.05, 0) is 53.6 Å². The molecule has 1 fully saturated rings. The second-order valence-corrected chi connectivity index (χ2v) is 13.2. The monoisotopic (exact) mass is 678 g/mol. The van der Waals surface area contributed by atoms with Gasteiger partial charge < -0.3 is 30.0 Å². The SMILES string of the molecule is CO[C@@H]1[C@@H](C)[C@@H](OC)/C=C/c2cccc(c2)COC(=O)[C@@H]2CCCN(N2)C(=O)[C@H](Cc2cccc(O)c2)NC(=O)[C@H](C(C)C)NC(=O)[C@@H]1C. The number of hydrazine groups is 1. The molecule has 4 N–H and O–H groups in total. The Kier molecular flexibility index (Phi) is 13.3. The molecule has 0 aromatic heterocycles. The van der Waals surface area contributed by atoms with E-state index in [1.54, 1.807) is 33.3 Å². The van der Waals surface area contributed by atoms with Gasteiger partial charge in [0, 0.05) is 33.1 Å². The van der Waals surface area contributed by atoms with Crippen LogP contribution in [0.3, 0.4) is 0 Å². The van der Waals surface area contributed by atoms with Crippen molar-refractivity contribution >= 4 is 29.8 Å². The molecule has 0 aliphatic carbocycles. The number of aromatic hydroxyl groups is 1. The van der Waals surface area contributed by atoms with Crippen LogP contribution in [0.1, 0.15) is 57.2 Å². The van der Waals surface area contributed by atoms with Gasteiger partial charge in [-0.3, -0.25) is 24.2 Å². The predicted octanol–water partition coefficient (Wildman–Crippen LogP) is 3.13. The second-order valence-electron chi connectivity index (χ2n) is 13.2. The molecule has 0 unspecified atom stereocenters. The molecule has 4 bridgehead atoms. The Hall–Kier alpha value is -4.26. The van der Waals surface area contributed by atoms with Crippen LogP contribution in [0.5, 0.6) is 5.75 Å². The van der Waals surface area contributed by atoms with E-state index in [2.05, 4.69) is 16.1 Å². The number of phenols is 1. The zero-order valence-electron chi connectivity index (χ0n) is 29.2. The van der Waals surface area contributed by atoms with E-state index in [1.165, 1.54) is 17.1 Å². The number of nitrogens with one attached hydrogen (secondary N) is 3. The van der Waals surface area contributed by atoms with Gasteiger partial charge in [-0.15, -0.1) is 0 Å². The Bertz CT molecular complexity index is 1500. The van der Waals surface area contributed by atoms with Crippen LogP contribution in [-0.4, -0.2) is 84.9 Å². The van der Waals surface area contributed by atoms with Gasteiger partial charge in [-0.25, -0.2) is 5.43 Å². The molecule has 2 aromatic rings. The number of esters is 1. The number of phenolic OH excluding ortho intramolecular Hbond substituents is 1. The summed E-state index contributed by atoms with van der Waals surface area (Å²) >= 11 is 0. The van der Waals surface area contributed by atoms with E-state index >= 15 is 0 Å². The molecular formula is C37H50N4O8. The first-order valence-electron chi connectivity index (χ1n) is 16.9. The number of fused-ring (bicyclic) bond motifs is 4. The largest absolute Gasteiger partial charge is 0.508 e. The maximum absolute atomic E-state index is 14.0. The molecular weight excluding hydrogens is 628 g/mol. The van der Waals surface area contributed by atoms with Gasteiger partial charge in [0.25, 0.3) is 5.91 Å². The Morgan fingerprint density at radius 1 is 0.980 bits per heavy atom. The fraction of sp³-hybridized carbons (Fsp3) is 0.514. The van der Waals surface area contributed by atoms with Crippen LogP contribution in [0.25, 0.3) is 6.08 Å². The first kappa shape index (κ1) is 37.6. The molecule has 0 spiro atoms. The van der Waals surface area contributed by atoms with Gasteiger partial charge in [0.1, 0.15) is 30.5 Å². The quantitative estimate of drug-likeness (QED) is 0.349. The van der Waals surface area contributed by atoms with E-state index in [4.69, 9.17) is 14.2 Å². The van der Waals surface area contributed by atoms with Crippen molar-refractivity contribution in [2.75, 3.05) is 20.8 Å². The van der Waals surface area contributed by atoms with E-state index in [9.17, 15) is 24.3 Å². The van der Waals surface area contributed by atoms with Crippen LogP contribution >= 0.6 is 0 Å². The summed E-state index contributed by atoms with van der Waals surface area (Å²) < 4.78 is 17.3. The summed E-state index contributed by atoms with van der Waals surface area (Å²) in [5.41, 5.74) is 5.30. The molecule has 0 saturated carbocycles. The highest BCUT2D eigenvalue weighted by Crippen LogP contribution is 2.24. The van der Waals surface area contributed by atoms with E-state index < -0.39 is 54.0 Å². The maximum Gasteiger partial charge on any atom is 0.325 e. The number of carbonyl (C=O) groups excluding carboxylic acids is 4. The lowest BCUT2D eigenvalue weighted by Gasteiger charge is -2.36. The highest BCUT2D eigenvalue weighted by molar-refractivity contribution is 5.93. The smallest absolute Gasteiger partial charge is 0.325 e. The molecule has 2 aliphatic heterocycles. The average Bonchev–Trinajstić information content (AvgIpc) is 3.09. The lowest BCUT2D eigenvalue weighted by atomic mass is 9.87. The lowest BCUT2D eigenvalue weighted by Crippen LogP contribution is -2.62. The normalized spacial score (nSPS) is 28.5. The summed E-state index contributed by atoms with van der Waals surface area (Å²) in [7, 11) is 3.14. The Balaban J connectivity index is 1.70. The first-order valence-corrected chi connectivity index (χ1v) is 16.9. The molecule has 266 valence electrons. The Morgan fingerprint density at radius 3 is 2.43 bits per heavy atom. The summed E-state index contributed by atoms with van der Waals surface area (Å²) in [6.07, 6.45) is 3.92. The molecule has 12 heteroatoms. The van der Waals surface area contributed by atoms with Crippen molar-refractivity contribution in [1.82, 2.24) is 21.1 Å². The maximum atomic E-state index is 14.0. The van der Waals surface area contributed by atoms with Crippen molar-refractivity contribution in [1.29, 1.82) is 0 Å². The van der Waals surface area contributed by atoms with Crippen LogP contribution in [0.2, 0.25) is 0 Å². The number of amides is 3. The first-order chi connectivity index (χ1) is 23.4. The molecule has 7 atom stereocenters. The van der Waals surface area contributed by atoms with Crippen LogP contribution in [-0.2, 0) is 46.4 Å². The van der Waals surface area contributed by atoms with E-state index in [0.29, 0.717) is 24.9 Å². The third-order valence-electron chi connectivity index (χ3n) is 9.25. The van der Waals surface area contributed by atoms with Crippen molar-refractivity contribution in [3.63, 3.8) is 0 Å². The van der Waals surface area contributed by atoms with Gasteiger partial charge in [0.15, 0.2) is 0 Å². The minimum atomic E-state index is -1.08. The standard InChI is InChI=1S/C37H50N4O8/c1-22(2)32-35(44)38-30(20-26-11-8-13-28(42)19-26)36(45)41-17-9-14-29(40-41)37(46)49-21-27-12-7-10-25(18-27)15-16-31(47-5)23(3)33(48-6)24(4)34(43)39-32/h7-8,10-13,15-16,18-19,22-24,29-33,40,42H,9,14,17,20-21H2,1-6H3,(H,38,44)(H,39,43)/b16-15+/t23-,24+,29-,30-,31-,32-,33+/m0/s1. The summed E-state index contributed by atoms with van der Waals surface area (Å²) in [6.45, 7) is 7.67. The number of rotatable bonds is 5. The minimum Gasteiger partial charge on any atom is -0.508 e. The fourth-order valence-corrected chi connectivity index (χ4v) is 6.43. The number of ether oxygens (including phenoxy) is 3. The number of cyclic esters (lactones) is 1. The molecule has 49 heavy (non-hydrogen) atoms. The summed E-state index contributed by atoms with van der Waals surface area (Å²) in [4.78, 5) is 54.8. The van der Waals surface area contributed by atoms with E-state index in [-0.39, 0.29) is 36.5 Å². The van der Waals surface area contributed by atoms with Crippen molar-refractivity contribution in [3.05, 3.63) is 71.3 Å². The van der Waals surface area contributed by atoms with Gasteiger partial charge in [-0.1, -0.05) is 70.2 Å². The zero-order valence-corrected chi connectivity index (χ0v) is 29.2. The Morgan fingerprint density at radius 2 is 1.73 bits per heavy atom.